The van der Waals surface area contributed by atoms with Crippen molar-refractivity contribution in [3.63, 3.8) is 0 Å². The van der Waals surface area contributed by atoms with Crippen LogP contribution in [-0.2, 0) is 22.4 Å². The fourth-order valence-corrected chi connectivity index (χ4v) is 6.52. The van der Waals surface area contributed by atoms with E-state index >= 15 is 0 Å². The molecule has 10 nitrogen and oxygen atoms in total. The van der Waals surface area contributed by atoms with Gasteiger partial charge in [0, 0.05) is 37.6 Å². The number of piperazine rings is 1. The van der Waals surface area contributed by atoms with E-state index in [1.54, 1.807) is 27.4 Å². The molecule has 2 fully saturated rings. The number of anilines is 2. The van der Waals surface area contributed by atoms with Crippen molar-refractivity contribution in [1.82, 2.24) is 10.2 Å². The number of barbiturate groups is 1. The second kappa shape index (κ2) is 10.9. The van der Waals surface area contributed by atoms with Crippen LogP contribution < -0.4 is 29.3 Å². The number of nitrogens with zero attached hydrogens (tertiary/aromatic N) is 3. The highest BCUT2D eigenvalue weighted by molar-refractivity contribution is 6.20. The summed E-state index contributed by atoms with van der Waals surface area (Å²) in [5.74, 6) is 0.915. The molecule has 0 unspecified atom stereocenters. The Bertz CT molecular complexity index is 1530. The zero-order valence-corrected chi connectivity index (χ0v) is 24.0. The molecule has 1 N–H and O–H groups in total. The quantitative estimate of drug-likeness (QED) is 0.432. The van der Waals surface area contributed by atoms with Gasteiger partial charge in [-0.3, -0.25) is 19.8 Å². The summed E-state index contributed by atoms with van der Waals surface area (Å²) in [6.45, 7) is 1.89. The number of fused-ring (bicyclic) bond motifs is 4. The molecule has 10 heteroatoms. The third-order valence-corrected chi connectivity index (χ3v) is 8.73. The Kier molecular flexibility index (Phi) is 7.14. The van der Waals surface area contributed by atoms with E-state index < -0.39 is 29.3 Å². The summed E-state index contributed by atoms with van der Waals surface area (Å²) in [6.07, 6.45) is 0.609. The Morgan fingerprint density at radius 2 is 1.64 bits per heavy atom. The summed E-state index contributed by atoms with van der Waals surface area (Å²) < 4.78 is 16.1. The number of methoxy groups -OCH3 is 3. The number of imide groups is 2. The highest BCUT2D eigenvalue weighted by Crippen LogP contribution is 2.46. The number of hydrogen-bond donors (Lipinski definition) is 1. The summed E-state index contributed by atoms with van der Waals surface area (Å²) in [7, 11) is 4.75. The van der Waals surface area contributed by atoms with Gasteiger partial charge in [-0.1, -0.05) is 24.3 Å². The molecule has 3 aromatic rings. The zero-order chi connectivity index (χ0) is 29.4. The van der Waals surface area contributed by atoms with E-state index in [1.165, 1.54) is 4.90 Å². The number of hydrogen-bond acceptors (Lipinski definition) is 8. The van der Waals surface area contributed by atoms with Crippen molar-refractivity contribution in [3.05, 3.63) is 77.9 Å². The summed E-state index contributed by atoms with van der Waals surface area (Å²) in [5, 5.41) is 2.55. The summed E-state index contributed by atoms with van der Waals surface area (Å²) in [6, 6.07) is 20.0. The maximum absolute atomic E-state index is 14.5. The molecule has 2 saturated heterocycles. The average Bonchev–Trinajstić information content (AvgIpc) is 3.03. The standard InChI is InChI=1S/C32H34N4O6/c1-40-24-11-9-23(10-12-24)34-16-17-35-25-7-5-4-6-22(25)19-32(28(35)20-34)29(37)33-31(39)36(30(32)38)15-14-21-8-13-26(41-2)27(18-21)42-3/h4-13,18,28H,14-17,19-20H2,1-3H3,(H,33,37,39)/t28-,32+/m1/s1. The van der Waals surface area contributed by atoms with Crippen molar-refractivity contribution in [2.75, 3.05) is 57.3 Å². The van der Waals surface area contributed by atoms with Crippen LogP contribution in [0.15, 0.2) is 66.7 Å². The third-order valence-electron chi connectivity index (χ3n) is 8.73. The van der Waals surface area contributed by atoms with Crippen LogP contribution >= 0.6 is 0 Å². The maximum Gasteiger partial charge on any atom is 0.330 e. The summed E-state index contributed by atoms with van der Waals surface area (Å²) >= 11 is 0. The molecule has 0 aromatic heterocycles. The van der Waals surface area contributed by atoms with E-state index in [9.17, 15) is 14.4 Å². The minimum Gasteiger partial charge on any atom is -0.497 e. The number of nitrogens with one attached hydrogen (secondary N) is 1. The van der Waals surface area contributed by atoms with E-state index in [0.717, 1.165) is 28.3 Å². The Morgan fingerprint density at radius 3 is 2.38 bits per heavy atom. The number of amides is 4. The Hall–Kier alpha value is -4.73. The van der Waals surface area contributed by atoms with Crippen LogP contribution in [0.25, 0.3) is 0 Å². The lowest BCUT2D eigenvalue weighted by atomic mass is 9.67. The van der Waals surface area contributed by atoms with Gasteiger partial charge in [0.15, 0.2) is 16.9 Å². The normalized spacial score (nSPS) is 21.5. The molecule has 42 heavy (non-hydrogen) atoms. The van der Waals surface area contributed by atoms with Gasteiger partial charge < -0.3 is 24.0 Å². The van der Waals surface area contributed by atoms with Crippen LogP contribution in [0, 0.1) is 5.41 Å². The SMILES string of the molecule is COc1ccc(N2CCN3c4ccccc4C[C@@]4(C(=O)NC(=O)N(CCc5ccc(OC)c(OC)c5)C4=O)[C@H]3C2)cc1. The predicted octanol–water partition coefficient (Wildman–Crippen LogP) is 3.27. The maximum atomic E-state index is 14.5. The van der Waals surface area contributed by atoms with Crippen molar-refractivity contribution in [3.8, 4) is 17.2 Å². The minimum absolute atomic E-state index is 0.117. The number of carbonyl (C=O) groups is 3. The number of para-hydroxylation sites is 1. The molecule has 6 rings (SSSR count). The van der Waals surface area contributed by atoms with Crippen molar-refractivity contribution < 1.29 is 28.6 Å². The predicted molar refractivity (Wildman–Crippen MR) is 157 cm³/mol. The zero-order valence-electron chi connectivity index (χ0n) is 24.0. The molecule has 218 valence electrons. The van der Waals surface area contributed by atoms with Crippen LogP contribution in [0.4, 0.5) is 16.2 Å². The lowest BCUT2D eigenvalue weighted by Crippen LogP contribution is -2.75. The second-order valence-electron chi connectivity index (χ2n) is 10.8. The highest BCUT2D eigenvalue weighted by Gasteiger charge is 2.62. The van der Waals surface area contributed by atoms with Crippen LogP contribution in [-0.4, -0.2) is 76.3 Å². The minimum atomic E-state index is -1.47. The fourth-order valence-electron chi connectivity index (χ4n) is 6.52. The van der Waals surface area contributed by atoms with E-state index in [-0.39, 0.29) is 13.0 Å². The lowest BCUT2D eigenvalue weighted by molar-refractivity contribution is -0.153. The molecule has 4 amide bonds. The highest BCUT2D eigenvalue weighted by atomic mass is 16.5. The number of rotatable bonds is 7. The molecule has 0 saturated carbocycles. The first-order valence-corrected chi connectivity index (χ1v) is 14.0. The van der Waals surface area contributed by atoms with E-state index in [1.807, 2.05) is 60.7 Å². The van der Waals surface area contributed by atoms with E-state index in [0.29, 0.717) is 37.6 Å². The van der Waals surface area contributed by atoms with Gasteiger partial charge in [-0.2, -0.15) is 0 Å². The first-order valence-electron chi connectivity index (χ1n) is 14.0. The second-order valence-corrected chi connectivity index (χ2v) is 10.8. The molecule has 0 bridgehead atoms. The molecule has 3 heterocycles. The summed E-state index contributed by atoms with van der Waals surface area (Å²) in [4.78, 5) is 47.1. The molecule has 0 radical (unpaired) electrons. The average molecular weight is 571 g/mol. The van der Waals surface area contributed by atoms with Crippen LogP contribution in [0.1, 0.15) is 11.1 Å². The lowest BCUT2D eigenvalue weighted by Gasteiger charge is -2.55. The molecule has 1 spiro atoms. The number of ether oxygens (including phenoxy) is 3. The van der Waals surface area contributed by atoms with E-state index in [2.05, 4.69) is 15.1 Å². The van der Waals surface area contributed by atoms with Gasteiger partial charge in [-0.15, -0.1) is 0 Å². The largest absolute Gasteiger partial charge is 0.497 e. The van der Waals surface area contributed by atoms with E-state index in [4.69, 9.17) is 14.2 Å². The number of carbonyl (C=O) groups excluding carboxylic acids is 3. The Balaban J connectivity index is 1.34. The Morgan fingerprint density at radius 1 is 0.881 bits per heavy atom. The summed E-state index contributed by atoms with van der Waals surface area (Å²) in [5.41, 5.74) is 2.33. The van der Waals surface area contributed by atoms with Gasteiger partial charge in [0.2, 0.25) is 11.8 Å². The van der Waals surface area contributed by atoms with Crippen LogP contribution in [0.5, 0.6) is 17.2 Å². The van der Waals surface area contributed by atoms with Gasteiger partial charge in [-0.05, 0) is 66.4 Å². The first kappa shape index (κ1) is 27.4. The number of urea groups is 1. The number of benzene rings is 3. The molecule has 3 aliphatic heterocycles. The molecular formula is C32H34N4O6. The monoisotopic (exact) mass is 570 g/mol. The van der Waals surface area contributed by atoms with Crippen molar-refractivity contribution in [1.29, 1.82) is 0 Å². The smallest absolute Gasteiger partial charge is 0.330 e. The van der Waals surface area contributed by atoms with Gasteiger partial charge >= 0.3 is 6.03 Å². The van der Waals surface area contributed by atoms with Crippen molar-refractivity contribution in [2.24, 2.45) is 5.41 Å². The van der Waals surface area contributed by atoms with Crippen LogP contribution in [0.2, 0.25) is 0 Å². The van der Waals surface area contributed by atoms with Crippen LogP contribution in [0.3, 0.4) is 0 Å². The Labute approximate surface area is 244 Å². The van der Waals surface area contributed by atoms with Gasteiger partial charge in [0.25, 0.3) is 0 Å². The van der Waals surface area contributed by atoms with Gasteiger partial charge in [-0.25, -0.2) is 4.79 Å². The van der Waals surface area contributed by atoms with Gasteiger partial charge in [0.1, 0.15) is 5.75 Å². The van der Waals surface area contributed by atoms with Crippen molar-refractivity contribution >= 4 is 29.2 Å². The topological polar surface area (TPSA) is 101 Å². The first-order chi connectivity index (χ1) is 20.4. The molecule has 3 aromatic carbocycles. The molecular weight excluding hydrogens is 536 g/mol. The van der Waals surface area contributed by atoms with Gasteiger partial charge in [0.05, 0.1) is 27.4 Å². The molecule has 3 aliphatic rings. The fraction of sp³-hybridized carbons (Fsp3) is 0.344. The molecule has 2 atom stereocenters. The molecule has 0 aliphatic carbocycles. The third kappa shape index (κ3) is 4.47. The van der Waals surface area contributed by atoms with Crippen molar-refractivity contribution in [2.45, 2.75) is 18.9 Å².